The molecule has 1 unspecified atom stereocenters. The fourth-order valence-electron chi connectivity index (χ4n) is 1.85. The quantitative estimate of drug-likeness (QED) is 0.836. The number of carboxylic acids is 1. The van der Waals surface area contributed by atoms with E-state index in [-0.39, 0.29) is 5.91 Å². The van der Waals surface area contributed by atoms with Crippen LogP contribution in [0.2, 0.25) is 0 Å². The Morgan fingerprint density at radius 1 is 1.22 bits per heavy atom. The lowest BCUT2D eigenvalue weighted by Gasteiger charge is -2.09. The molecule has 2 N–H and O–H groups in total. The summed E-state index contributed by atoms with van der Waals surface area (Å²) in [5, 5.41) is 11.1. The molecular weight excluding hydrogens is 230 g/mol. The Kier molecular flexibility index (Phi) is 4.89. The van der Waals surface area contributed by atoms with Gasteiger partial charge in [-0.1, -0.05) is 29.3 Å². The number of aryl methyl sites for hydroxylation is 3. The molecule has 98 valence electrons. The summed E-state index contributed by atoms with van der Waals surface area (Å²) in [4.78, 5) is 22.1. The lowest BCUT2D eigenvalue weighted by atomic mass is 10.0. The monoisotopic (exact) mass is 249 g/mol. The highest BCUT2D eigenvalue weighted by Gasteiger charge is 2.13. The third kappa shape index (κ3) is 4.57. The summed E-state index contributed by atoms with van der Waals surface area (Å²) in [5.74, 6) is -1.25. The average Bonchev–Trinajstić information content (AvgIpc) is 2.25. The van der Waals surface area contributed by atoms with Crippen molar-refractivity contribution in [1.82, 2.24) is 5.32 Å². The molecule has 4 heteroatoms. The van der Waals surface area contributed by atoms with Gasteiger partial charge in [0.1, 0.15) is 6.04 Å². The maximum Gasteiger partial charge on any atom is 0.325 e. The Balaban J connectivity index is 2.50. The standard InChI is InChI=1S/C14H19NO3/c1-9-6-10(2)8-12(7-9)4-5-13(16)15-11(3)14(17)18/h6-8,11H,4-5H2,1-3H3,(H,15,16)(H,17,18). The normalized spacial score (nSPS) is 11.9. The van der Waals surface area contributed by atoms with Crippen molar-refractivity contribution in [2.45, 2.75) is 39.7 Å². The smallest absolute Gasteiger partial charge is 0.325 e. The lowest BCUT2D eigenvalue weighted by molar-refractivity contribution is -0.141. The van der Waals surface area contributed by atoms with Gasteiger partial charge in [-0.25, -0.2) is 0 Å². The predicted molar refractivity (Wildman–Crippen MR) is 69.5 cm³/mol. The molecule has 18 heavy (non-hydrogen) atoms. The molecule has 1 rings (SSSR count). The summed E-state index contributed by atoms with van der Waals surface area (Å²) >= 11 is 0. The van der Waals surface area contributed by atoms with Gasteiger partial charge in [-0.05, 0) is 32.8 Å². The second kappa shape index (κ2) is 6.19. The molecule has 0 aromatic heterocycles. The molecule has 0 aliphatic heterocycles. The number of nitrogens with one attached hydrogen (secondary N) is 1. The minimum absolute atomic E-state index is 0.232. The zero-order valence-corrected chi connectivity index (χ0v) is 11.0. The van der Waals surface area contributed by atoms with Gasteiger partial charge in [-0.2, -0.15) is 0 Å². The van der Waals surface area contributed by atoms with Crippen molar-refractivity contribution >= 4 is 11.9 Å². The number of rotatable bonds is 5. The van der Waals surface area contributed by atoms with E-state index in [9.17, 15) is 9.59 Å². The summed E-state index contributed by atoms with van der Waals surface area (Å²) in [6.07, 6.45) is 0.932. The van der Waals surface area contributed by atoms with E-state index in [1.165, 1.54) is 18.1 Å². The van der Waals surface area contributed by atoms with Crippen LogP contribution in [0.5, 0.6) is 0 Å². The zero-order valence-electron chi connectivity index (χ0n) is 11.0. The second-order valence-electron chi connectivity index (χ2n) is 4.62. The number of benzene rings is 1. The Morgan fingerprint density at radius 3 is 2.28 bits per heavy atom. The number of carboxylic acid groups (broad SMARTS) is 1. The van der Waals surface area contributed by atoms with Crippen molar-refractivity contribution in [3.8, 4) is 0 Å². The van der Waals surface area contributed by atoms with Crippen LogP contribution in [0, 0.1) is 13.8 Å². The Bertz CT molecular complexity index is 434. The van der Waals surface area contributed by atoms with Crippen molar-refractivity contribution in [3.05, 3.63) is 34.9 Å². The van der Waals surface area contributed by atoms with Crippen LogP contribution in [0.25, 0.3) is 0 Å². The summed E-state index contributed by atoms with van der Waals surface area (Å²) in [6.45, 7) is 5.49. The van der Waals surface area contributed by atoms with Crippen LogP contribution in [0.1, 0.15) is 30.0 Å². The maximum atomic E-state index is 11.5. The van der Waals surface area contributed by atoms with Crippen LogP contribution < -0.4 is 5.32 Å². The summed E-state index contributed by atoms with van der Waals surface area (Å²) in [6, 6.07) is 5.33. The lowest BCUT2D eigenvalue weighted by Crippen LogP contribution is -2.38. The third-order valence-electron chi connectivity index (χ3n) is 2.67. The highest BCUT2D eigenvalue weighted by atomic mass is 16.4. The first kappa shape index (κ1) is 14.2. The highest BCUT2D eigenvalue weighted by molar-refractivity contribution is 5.83. The fraction of sp³-hybridized carbons (Fsp3) is 0.429. The van der Waals surface area contributed by atoms with Crippen molar-refractivity contribution < 1.29 is 14.7 Å². The number of carbonyl (C=O) groups is 2. The van der Waals surface area contributed by atoms with Crippen LogP contribution >= 0.6 is 0 Å². The van der Waals surface area contributed by atoms with Gasteiger partial charge in [-0.15, -0.1) is 0 Å². The molecule has 0 radical (unpaired) electrons. The van der Waals surface area contributed by atoms with Crippen LogP contribution in [0.4, 0.5) is 0 Å². The second-order valence-corrected chi connectivity index (χ2v) is 4.62. The van der Waals surface area contributed by atoms with Crippen LogP contribution in [0.3, 0.4) is 0 Å². The molecule has 0 saturated carbocycles. The van der Waals surface area contributed by atoms with Crippen molar-refractivity contribution in [2.75, 3.05) is 0 Å². The van der Waals surface area contributed by atoms with Crippen LogP contribution in [-0.2, 0) is 16.0 Å². The van der Waals surface area contributed by atoms with E-state index in [4.69, 9.17) is 5.11 Å². The Labute approximate surface area is 107 Å². The number of hydrogen-bond donors (Lipinski definition) is 2. The van der Waals surface area contributed by atoms with Gasteiger partial charge in [0.2, 0.25) is 5.91 Å². The molecule has 0 bridgehead atoms. The molecule has 1 atom stereocenters. The topological polar surface area (TPSA) is 66.4 Å². The minimum Gasteiger partial charge on any atom is -0.480 e. The van der Waals surface area contributed by atoms with Gasteiger partial charge in [-0.3, -0.25) is 9.59 Å². The first-order chi connectivity index (χ1) is 8.38. The van der Waals surface area contributed by atoms with Gasteiger partial charge >= 0.3 is 5.97 Å². The van der Waals surface area contributed by atoms with Gasteiger partial charge < -0.3 is 10.4 Å². The molecule has 0 heterocycles. The van der Waals surface area contributed by atoms with Gasteiger partial charge in [0.15, 0.2) is 0 Å². The molecule has 1 aromatic rings. The molecule has 4 nitrogen and oxygen atoms in total. The third-order valence-corrected chi connectivity index (χ3v) is 2.67. The number of amides is 1. The number of hydrogen-bond acceptors (Lipinski definition) is 2. The summed E-state index contributed by atoms with van der Waals surface area (Å²) < 4.78 is 0. The Morgan fingerprint density at radius 2 is 1.78 bits per heavy atom. The average molecular weight is 249 g/mol. The van der Waals surface area contributed by atoms with E-state index in [0.29, 0.717) is 12.8 Å². The molecule has 1 amide bonds. The van der Waals surface area contributed by atoms with Crippen LogP contribution in [-0.4, -0.2) is 23.0 Å². The largest absolute Gasteiger partial charge is 0.480 e. The van der Waals surface area contributed by atoms with Gasteiger partial charge in [0, 0.05) is 6.42 Å². The van der Waals surface area contributed by atoms with E-state index in [1.807, 2.05) is 26.0 Å². The van der Waals surface area contributed by atoms with E-state index < -0.39 is 12.0 Å². The van der Waals surface area contributed by atoms with Crippen molar-refractivity contribution in [2.24, 2.45) is 0 Å². The predicted octanol–water partition coefficient (Wildman–Crippen LogP) is 1.83. The zero-order chi connectivity index (χ0) is 13.7. The molecule has 0 aliphatic rings. The molecule has 0 saturated heterocycles. The SMILES string of the molecule is Cc1cc(C)cc(CCC(=O)NC(C)C(=O)O)c1. The van der Waals surface area contributed by atoms with Gasteiger partial charge in [0.25, 0.3) is 0 Å². The number of aliphatic carboxylic acids is 1. The first-order valence-corrected chi connectivity index (χ1v) is 5.98. The minimum atomic E-state index is -1.02. The van der Waals surface area contributed by atoms with E-state index in [0.717, 1.165) is 5.56 Å². The van der Waals surface area contributed by atoms with E-state index >= 15 is 0 Å². The molecule has 0 fully saturated rings. The maximum absolute atomic E-state index is 11.5. The van der Waals surface area contributed by atoms with Crippen LogP contribution in [0.15, 0.2) is 18.2 Å². The molecule has 1 aromatic carbocycles. The van der Waals surface area contributed by atoms with Crippen molar-refractivity contribution in [1.29, 1.82) is 0 Å². The van der Waals surface area contributed by atoms with E-state index in [2.05, 4.69) is 11.4 Å². The first-order valence-electron chi connectivity index (χ1n) is 5.98. The molecular formula is C14H19NO3. The van der Waals surface area contributed by atoms with E-state index in [1.54, 1.807) is 0 Å². The fourth-order valence-corrected chi connectivity index (χ4v) is 1.85. The Hall–Kier alpha value is -1.84. The van der Waals surface area contributed by atoms with Crippen molar-refractivity contribution in [3.63, 3.8) is 0 Å². The molecule has 0 spiro atoms. The highest BCUT2D eigenvalue weighted by Crippen LogP contribution is 2.10. The summed E-state index contributed by atoms with van der Waals surface area (Å²) in [5.41, 5.74) is 3.44. The number of carbonyl (C=O) groups excluding carboxylic acids is 1. The molecule has 0 aliphatic carbocycles. The van der Waals surface area contributed by atoms with Gasteiger partial charge in [0.05, 0.1) is 0 Å². The summed E-state index contributed by atoms with van der Waals surface area (Å²) in [7, 11) is 0.